The summed E-state index contributed by atoms with van der Waals surface area (Å²) in [6.45, 7) is 2.46. The van der Waals surface area contributed by atoms with Crippen LogP contribution < -0.4 is 5.32 Å². The van der Waals surface area contributed by atoms with Crippen LogP contribution >= 0.6 is 0 Å². The second-order valence-corrected chi connectivity index (χ2v) is 8.27. The molecule has 0 saturated carbocycles. The number of fused-ring (bicyclic) bond motifs is 6. The van der Waals surface area contributed by atoms with Gasteiger partial charge in [0, 0.05) is 24.2 Å². The topological polar surface area (TPSA) is 62.5 Å². The molecule has 1 aliphatic heterocycles. The third-order valence-electron chi connectivity index (χ3n) is 6.43. The Labute approximate surface area is 178 Å². The summed E-state index contributed by atoms with van der Waals surface area (Å²) in [5.74, 6) is 0.360. The molecule has 0 spiro atoms. The van der Waals surface area contributed by atoms with E-state index >= 15 is 0 Å². The molecule has 1 fully saturated rings. The number of carbonyl (C=O) groups is 1. The number of anilines is 1. The van der Waals surface area contributed by atoms with Gasteiger partial charge >= 0.3 is 6.03 Å². The predicted octanol–water partition coefficient (Wildman–Crippen LogP) is 4.92. The zero-order chi connectivity index (χ0) is 21.1. The van der Waals surface area contributed by atoms with Crippen molar-refractivity contribution in [1.82, 2.24) is 19.5 Å². The van der Waals surface area contributed by atoms with Gasteiger partial charge in [0.15, 0.2) is 5.82 Å². The summed E-state index contributed by atoms with van der Waals surface area (Å²) in [5.41, 5.74) is 4.93. The second kappa shape index (κ2) is 6.63. The molecule has 6 rings (SSSR count). The molecule has 2 atom stereocenters. The van der Waals surface area contributed by atoms with Crippen LogP contribution in [-0.2, 0) is 0 Å². The summed E-state index contributed by atoms with van der Waals surface area (Å²) in [5, 5.41) is 7.30. The Kier molecular flexibility index (Phi) is 3.86. The number of amides is 2. The first-order valence-electron chi connectivity index (χ1n) is 10.4. The lowest BCUT2D eigenvalue weighted by atomic mass is 9.99. The molecule has 2 aromatic heterocycles. The van der Waals surface area contributed by atoms with Crippen LogP contribution in [0.4, 0.5) is 14.9 Å². The fourth-order valence-corrected chi connectivity index (χ4v) is 4.92. The third kappa shape index (κ3) is 2.80. The van der Waals surface area contributed by atoms with Crippen molar-refractivity contribution in [3.05, 3.63) is 83.4 Å². The Morgan fingerprint density at radius 1 is 1.16 bits per heavy atom. The monoisotopic (exact) mass is 413 g/mol. The van der Waals surface area contributed by atoms with Crippen molar-refractivity contribution in [3.63, 3.8) is 0 Å². The number of aromatic nitrogens is 3. The highest BCUT2D eigenvalue weighted by Gasteiger charge is 2.44. The molecule has 154 valence electrons. The molecule has 0 radical (unpaired) electrons. The number of nitrogens with zero attached hydrogens (tertiary/aromatic N) is 4. The van der Waals surface area contributed by atoms with E-state index in [9.17, 15) is 9.18 Å². The summed E-state index contributed by atoms with van der Waals surface area (Å²) in [4.78, 5) is 19.3. The minimum atomic E-state index is -0.471. The highest BCUT2D eigenvalue weighted by atomic mass is 19.1. The summed E-state index contributed by atoms with van der Waals surface area (Å²) < 4.78 is 16.5. The van der Waals surface area contributed by atoms with E-state index in [0.29, 0.717) is 29.4 Å². The zero-order valence-corrected chi connectivity index (χ0v) is 16.9. The summed E-state index contributed by atoms with van der Waals surface area (Å²) >= 11 is 0. The molecule has 4 aromatic rings. The molecule has 2 amide bonds. The number of carbonyl (C=O) groups excluding carboxylic acids is 1. The number of aryl methyl sites for hydroxylation is 1. The van der Waals surface area contributed by atoms with Crippen molar-refractivity contribution in [1.29, 1.82) is 0 Å². The third-order valence-corrected chi connectivity index (χ3v) is 6.43. The Morgan fingerprint density at radius 3 is 2.87 bits per heavy atom. The lowest BCUT2D eigenvalue weighted by Crippen LogP contribution is -2.37. The van der Waals surface area contributed by atoms with Gasteiger partial charge in [-0.1, -0.05) is 24.3 Å². The second-order valence-electron chi connectivity index (χ2n) is 8.27. The first-order chi connectivity index (χ1) is 15.1. The molecule has 2 bridgehead atoms. The van der Waals surface area contributed by atoms with Crippen molar-refractivity contribution in [3.8, 4) is 11.4 Å². The smallest absolute Gasteiger partial charge is 0.317 e. The predicted molar refractivity (Wildman–Crippen MR) is 115 cm³/mol. The van der Waals surface area contributed by atoms with Crippen LogP contribution in [0.15, 0.2) is 60.9 Å². The van der Waals surface area contributed by atoms with Crippen LogP contribution in [0.2, 0.25) is 0 Å². The Morgan fingerprint density at radius 2 is 2.00 bits per heavy atom. The van der Waals surface area contributed by atoms with Gasteiger partial charge in [0.1, 0.15) is 5.82 Å². The minimum absolute atomic E-state index is 0.0497. The van der Waals surface area contributed by atoms with Crippen LogP contribution in [0.1, 0.15) is 35.1 Å². The first kappa shape index (κ1) is 18.1. The van der Waals surface area contributed by atoms with Crippen molar-refractivity contribution in [2.75, 3.05) is 11.9 Å². The van der Waals surface area contributed by atoms with Crippen LogP contribution in [0, 0.1) is 12.7 Å². The Balaban J connectivity index is 1.30. The van der Waals surface area contributed by atoms with Gasteiger partial charge in [-0.15, -0.1) is 5.10 Å². The summed E-state index contributed by atoms with van der Waals surface area (Å²) in [6, 6.07) is 14.9. The fourth-order valence-electron chi connectivity index (χ4n) is 4.92. The molecule has 1 N–H and O–H groups in total. The van der Waals surface area contributed by atoms with Crippen LogP contribution in [0.25, 0.3) is 16.9 Å². The molecule has 1 saturated heterocycles. The summed E-state index contributed by atoms with van der Waals surface area (Å²) in [7, 11) is 0. The normalized spacial score (nSPS) is 19.1. The number of rotatable bonds is 2. The lowest BCUT2D eigenvalue weighted by molar-refractivity contribution is 0.204. The number of likely N-dealkylation sites (tertiary alicyclic amines) is 1. The van der Waals surface area contributed by atoms with E-state index < -0.39 is 5.82 Å². The van der Waals surface area contributed by atoms with Gasteiger partial charge in [-0.2, -0.15) is 0 Å². The molecule has 2 aliphatic rings. The minimum Gasteiger partial charge on any atom is -0.317 e. The van der Waals surface area contributed by atoms with Crippen LogP contribution in [0.5, 0.6) is 0 Å². The van der Waals surface area contributed by atoms with E-state index in [1.54, 1.807) is 16.8 Å². The van der Waals surface area contributed by atoms with E-state index in [0.717, 1.165) is 11.9 Å². The fraction of sp³-hybridized carbons (Fsp3) is 0.208. The van der Waals surface area contributed by atoms with Gasteiger partial charge in [-0.25, -0.2) is 18.7 Å². The van der Waals surface area contributed by atoms with Gasteiger partial charge < -0.3 is 10.2 Å². The van der Waals surface area contributed by atoms with Crippen molar-refractivity contribution in [2.24, 2.45) is 0 Å². The number of urea groups is 1. The number of hydrogen-bond donors (Lipinski definition) is 1. The van der Waals surface area contributed by atoms with E-state index in [4.69, 9.17) is 0 Å². The molecule has 0 unspecified atom stereocenters. The standard InChI is InChI=1S/C24H20FN5O/c1-14-9-20(25)21(11-19(14)23-26-12-16-5-4-8-30(16)28-23)27-24(31)29-13-15-10-22(29)18-7-3-2-6-17(15)18/h2-9,11-12,15,22H,10,13H2,1H3,(H,27,31)/t15-,22-/m1/s1. The van der Waals surface area contributed by atoms with Gasteiger partial charge in [0.25, 0.3) is 0 Å². The first-order valence-corrected chi connectivity index (χ1v) is 10.4. The van der Waals surface area contributed by atoms with E-state index in [-0.39, 0.29) is 17.8 Å². The largest absolute Gasteiger partial charge is 0.322 e. The Hall–Kier alpha value is -3.74. The van der Waals surface area contributed by atoms with Crippen molar-refractivity contribution < 1.29 is 9.18 Å². The van der Waals surface area contributed by atoms with Gasteiger partial charge in [0.05, 0.1) is 23.4 Å². The maximum absolute atomic E-state index is 14.7. The van der Waals surface area contributed by atoms with E-state index in [2.05, 4.69) is 27.5 Å². The van der Waals surface area contributed by atoms with E-state index in [1.807, 2.05) is 42.3 Å². The SMILES string of the molecule is Cc1cc(F)c(NC(=O)N2C[C@H]3C[C@@H]2c2ccccc23)cc1-c1ncc2cccn2n1. The van der Waals surface area contributed by atoms with Crippen molar-refractivity contribution >= 4 is 17.2 Å². The van der Waals surface area contributed by atoms with E-state index in [1.165, 1.54) is 17.2 Å². The Bertz CT molecular complexity index is 1350. The van der Waals surface area contributed by atoms with Gasteiger partial charge in [0.2, 0.25) is 0 Å². The average Bonchev–Trinajstić information content (AvgIpc) is 3.50. The van der Waals surface area contributed by atoms with Gasteiger partial charge in [-0.3, -0.25) is 0 Å². The highest BCUT2D eigenvalue weighted by molar-refractivity contribution is 5.91. The lowest BCUT2D eigenvalue weighted by Gasteiger charge is -2.29. The zero-order valence-electron chi connectivity index (χ0n) is 16.9. The number of hydrogen-bond acceptors (Lipinski definition) is 3. The number of benzene rings is 2. The maximum Gasteiger partial charge on any atom is 0.322 e. The molecule has 7 heteroatoms. The molecule has 1 aliphatic carbocycles. The molecular weight excluding hydrogens is 393 g/mol. The molecule has 3 heterocycles. The molecular formula is C24H20FN5O. The number of halogens is 1. The molecule has 2 aromatic carbocycles. The highest BCUT2D eigenvalue weighted by Crippen LogP contribution is 2.50. The summed E-state index contributed by atoms with van der Waals surface area (Å²) in [6.07, 6.45) is 4.49. The quantitative estimate of drug-likeness (QED) is 0.507. The molecule has 6 nitrogen and oxygen atoms in total. The van der Waals surface area contributed by atoms with Crippen LogP contribution in [0.3, 0.4) is 0 Å². The van der Waals surface area contributed by atoms with Gasteiger partial charge in [-0.05, 0) is 54.3 Å². The molecule has 31 heavy (non-hydrogen) atoms. The average molecular weight is 413 g/mol. The van der Waals surface area contributed by atoms with Crippen molar-refractivity contribution in [2.45, 2.75) is 25.3 Å². The number of nitrogens with one attached hydrogen (secondary N) is 1. The van der Waals surface area contributed by atoms with Crippen LogP contribution in [-0.4, -0.2) is 32.1 Å². The maximum atomic E-state index is 14.7.